The lowest BCUT2D eigenvalue weighted by atomic mass is 10.1. The molecule has 0 aliphatic rings. The number of halogens is 1. The van der Waals surface area contributed by atoms with Gasteiger partial charge in [-0.05, 0) is 36.8 Å². The van der Waals surface area contributed by atoms with E-state index in [0.29, 0.717) is 35.2 Å². The van der Waals surface area contributed by atoms with Crippen molar-refractivity contribution in [3.05, 3.63) is 87.9 Å². The summed E-state index contributed by atoms with van der Waals surface area (Å²) in [5.41, 5.74) is 6.11. The molecule has 3 rings (SSSR count). The van der Waals surface area contributed by atoms with Crippen molar-refractivity contribution in [2.24, 2.45) is 5.10 Å². The summed E-state index contributed by atoms with van der Waals surface area (Å²) in [6.07, 6.45) is 1.67. The fourth-order valence-corrected chi connectivity index (χ4v) is 3.34. The summed E-state index contributed by atoms with van der Waals surface area (Å²) in [5.74, 6) is 1.75. The van der Waals surface area contributed by atoms with Gasteiger partial charge in [0.1, 0.15) is 12.4 Å². The second-order valence-electron chi connectivity index (χ2n) is 6.73. The van der Waals surface area contributed by atoms with E-state index in [1.807, 2.05) is 55.5 Å². The molecule has 0 radical (unpaired) electrons. The number of rotatable bonds is 10. The van der Waals surface area contributed by atoms with Crippen LogP contribution in [-0.2, 0) is 13.2 Å². The molecule has 0 saturated heterocycles. The predicted octanol–water partition coefficient (Wildman–Crippen LogP) is 5.32. The average Bonchev–Trinajstić information content (AvgIpc) is 2.82. The van der Waals surface area contributed by atoms with Gasteiger partial charge in [-0.25, -0.2) is 0 Å². The zero-order valence-electron chi connectivity index (χ0n) is 18.0. The first-order valence-electron chi connectivity index (χ1n) is 10.1. The molecule has 0 fully saturated rings. The Hall–Kier alpha value is -3.69. The van der Waals surface area contributed by atoms with Gasteiger partial charge in [-0.15, -0.1) is 0 Å². The van der Waals surface area contributed by atoms with Crippen molar-refractivity contribution in [3.8, 4) is 23.3 Å². The van der Waals surface area contributed by atoms with Gasteiger partial charge < -0.3 is 19.6 Å². The molecule has 0 spiro atoms. The molecular weight excluding hydrogens is 426 g/mol. The van der Waals surface area contributed by atoms with E-state index in [1.165, 1.54) is 0 Å². The van der Waals surface area contributed by atoms with Crippen LogP contribution in [0.5, 0.6) is 17.2 Å². The van der Waals surface area contributed by atoms with Crippen LogP contribution < -0.4 is 19.6 Å². The highest BCUT2D eigenvalue weighted by Gasteiger charge is 2.13. The van der Waals surface area contributed by atoms with Crippen molar-refractivity contribution in [2.75, 3.05) is 13.7 Å². The first-order chi connectivity index (χ1) is 15.7. The molecule has 0 unspecified atom stereocenters. The molecule has 0 aromatic heterocycles. The van der Waals surface area contributed by atoms with Crippen LogP contribution in [0, 0.1) is 11.3 Å². The van der Waals surface area contributed by atoms with Gasteiger partial charge in [0.25, 0.3) is 0 Å². The third kappa shape index (κ3) is 5.93. The number of para-hydroxylation sites is 1. The third-order valence-corrected chi connectivity index (χ3v) is 4.89. The maximum absolute atomic E-state index is 9.27. The first kappa shape index (κ1) is 23.0. The molecule has 0 amide bonds. The highest BCUT2D eigenvalue weighted by molar-refractivity contribution is 6.32. The van der Waals surface area contributed by atoms with Crippen LogP contribution in [-0.4, -0.2) is 19.9 Å². The number of nitriles is 1. The SMILES string of the molecule is CCOc1cc(/C=N\NCc2ccccc2OC)cc(Cl)c1OCc1ccccc1C#N. The van der Waals surface area contributed by atoms with Gasteiger partial charge in [-0.1, -0.05) is 48.0 Å². The molecule has 32 heavy (non-hydrogen) atoms. The molecule has 3 aromatic carbocycles. The van der Waals surface area contributed by atoms with E-state index in [9.17, 15) is 5.26 Å². The summed E-state index contributed by atoms with van der Waals surface area (Å²) in [6.45, 7) is 3.07. The Morgan fingerprint density at radius 1 is 1.03 bits per heavy atom. The van der Waals surface area contributed by atoms with E-state index in [1.54, 1.807) is 25.5 Å². The van der Waals surface area contributed by atoms with Crippen LogP contribution in [0.1, 0.15) is 29.2 Å². The smallest absolute Gasteiger partial charge is 0.180 e. The molecule has 0 atom stereocenters. The molecule has 0 bridgehead atoms. The monoisotopic (exact) mass is 449 g/mol. The summed E-state index contributed by atoms with van der Waals surface area (Å²) in [5, 5.41) is 13.9. The minimum absolute atomic E-state index is 0.206. The van der Waals surface area contributed by atoms with Crippen molar-refractivity contribution < 1.29 is 14.2 Å². The van der Waals surface area contributed by atoms with Crippen LogP contribution in [0.2, 0.25) is 5.02 Å². The zero-order valence-corrected chi connectivity index (χ0v) is 18.7. The first-order valence-corrected chi connectivity index (χ1v) is 10.5. The number of hydrogen-bond donors (Lipinski definition) is 1. The summed E-state index contributed by atoms with van der Waals surface area (Å²) < 4.78 is 17.0. The van der Waals surface area contributed by atoms with E-state index in [-0.39, 0.29) is 6.61 Å². The molecule has 1 N–H and O–H groups in total. The number of methoxy groups -OCH3 is 1. The van der Waals surface area contributed by atoms with E-state index in [0.717, 1.165) is 22.4 Å². The Morgan fingerprint density at radius 2 is 1.78 bits per heavy atom. The fourth-order valence-electron chi connectivity index (χ4n) is 3.07. The minimum atomic E-state index is 0.206. The highest BCUT2D eigenvalue weighted by atomic mass is 35.5. The average molecular weight is 450 g/mol. The lowest BCUT2D eigenvalue weighted by molar-refractivity contribution is 0.269. The number of nitrogens with one attached hydrogen (secondary N) is 1. The standard InChI is InChI=1S/C25H24ClN3O3/c1-3-31-24-13-18(15-28-29-16-20-9-6-7-11-23(20)30-2)12-22(26)25(24)32-17-21-10-5-4-8-19(21)14-27/h4-13,15,29H,3,16-17H2,1-2H3/b28-15-. The van der Waals surface area contributed by atoms with Gasteiger partial charge in [-0.2, -0.15) is 10.4 Å². The minimum Gasteiger partial charge on any atom is -0.496 e. The molecule has 0 aliphatic carbocycles. The quantitative estimate of drug-likeness (QED) is 0.335. The highest BCUT2D eigenvalue weighted by Crippen LogP contribution is 2.37. The molecule has 6 nitrogen and oxygen atoms in total. The van der Waals surface area contributed by atoms with Gasteiger partial charge in [-0.3, -0.25) is 0 Å². The zero-order chi connectivity index (χ0) is 22.8. The lowest BCUT2D eigenvalue weighted by Gasteiger charge is -2.15. The van der Waals surface area contributed by atoms with Crippen molar-refractivity contribution in [3.63, 3.8) is 0 Å². The number of nitrogens with zero attached hydrogens (tertiary/aromatic N) is 2. The van der Waals surface area contributed by atoms with Crippen molar-refractivity contribution in [2.45, 2.75) is 20.1 Å². The fraction of sp³-hybridized carbons (Fsp3) is 0.200. The Balaban J connectivity index is 1.72. The van der Waals surface area contributed by atoms with Crippen LogP contribution in [0.4, 0.5) is 0 Å². The summed E-state index contributed by atoms with van der Waals surface area (Å²) in [7, 11) is 1.64. The molecular formula is C25H24ClN3O3. The van der Waals surface area contributed by atoms with Crippen molar-refractivity contribution in [1.29, 1.82) is 5.26 Å². The Labute approximate surface area is 193 Å². The van der Waals surface area contributed by atoms with Crippen LogP contribution in [0.25, 0.3) is 0 Å². The Bertz CT molecular complexity index is 1130. The van der Waals surface area contributed by atoms with Gasteiger partial charge in [0.15, 0.2) is 11.5 Å². The third-order valence-electron chi connectivity index (χ3n) is 4.61. The lowest BCUT2D eigenvalue weighted by Crippen LogP contribution is -2.07. The van der Waals surface area contributed by atoms with Gasteiger partial charge in [0.2, 0.25) is 0 Å². The van der Waals surface area contributed by atoms with E-state index in [2.05, 4.69) is 16.6 Å². The van der Waals surface area contributed by atoms with E-state index >= 15 is 0 Å². The Kier molecular flexibility index (Phi) is 8.36. The molecule has 0 heterocycles. The Morgan fingerprint density at radius 3 is 2.53 bits per heavy atom. The van der Waals surface area contributed by atoms with Gasteiger partial charge >= 0.3 is 0 Å². The number of hydrazone groups is 1. The maximum Gasteiger partial charge on any atom is 0.180 e. The molecule has 0 saturated carbocycles. The van der Waals surface area contributed by atoms with Crippen molar-refractivity contribution in [1.82, 2.24) is 5.43 Å². The van der Waals surface area contributed by atoms with Crippen LogP contribution in [0.3, 0.4) is 0 Å². The van der Waals surface area contributed by atoms with Crippen LogP contribution >= 0.6 is 11.6 Å². The summed E-state index contributed by atoms with van der Waals surface area (Å²) in [4.78, 5) is 0. The van der Waals surface area contributed by atoms with Gasteiger partial charge in [0.05, 0.1) is 43.1 Å². The predicted molar refractivity (Wildman–Crippen MR) is 126 cm³/mol. The summed E-state index contributed by atoms with van der Waals surface area (Å²) >= 11 is 6.49. The van der Waals surface area contributed by atoms with Gasteiger partial charge in [0, 0.05) is 11.1 Å². The second kappa shape index (κ2) is 11.6. The van der Waals surface area contributed by atoms with E-state index < -0.39 is 0 Å². The number of ether oxygens (including phenoxy) is 3. The maximum atomic E-state index is 9.27. The topological polar surface area (TPSA) is 75.9 Å². The molecule has 0 aliphatic heterocycles. The number of benzene rings is 3. The summed E-state index contributed by atoms with van der Waals surface area (Å²) in [6, 6.07) is 20.8. The van der Waals surface area contributed by atoms with E-state index in [4.69, 9.17) is 25.8 Å². The normalized spacial score (nSPS) is 10.6. The molecule has 164 valence electrons. The molecule has 7 heteroatoms. The molecule has 3 aromatic rings. The largest absolute Gasteiger partial charge is 0.496 e. The van der Waals surface area contributed by atoms with Crippen LogP contribution in [0.15, 0.2) is 65.8 Å². The number of hydrogen-bond acceptors (Lipinski definition) is 6. The second-order valence-corrected chi connectivity index (χ2v) is 7.13. The van der Waals surface area contributed by atoms with Crippen molar-refractivity contribution >= 4 is 17.8 Å².